The molecule has 0 aliphatic rings. The maximum absolute atomic E-state index is 4.18. The fraction of sp³-hybridized carbons (Fsp3) is 0.222. The fourth-order valence-corrected chi connectivity index (χ4v) is 2.36. The Kier molecular flexibility index (Phi) is 2.88. The molecule has 0 saturated carbocycles. The molecule has 0 aliphatic carbocycles. The van der Waals surface area contributed by atoms with Gasteiger partial charge in [0.15, 0.2) is 0 Å². The highest BCUT2D eigenvalue weighted by molar-refractivity contribution is 9.11. The first-order chi connectivity index (χ1) is 6.75. The van der Waals surface area contributed by atoms with E-state index in [0.29, 0.717) is 0 Å². The van der Waals surface area contributed by atoms with Crippen molar-refractivity contribution in [2.24, 2.45) is 7.05 Å². The van der Waals surface area contributed by atoms with Crippen LogP contribution in [0, 0.1) is 0 Å². The number of rotatable bonds is 3. The minimum absolute atomic E-state index is 0.812. The monoisotopic (exact) mass is 271 g/mol. The zero-order valence-electron chi connectivity index (χ0n) is 7.70. The second kappa shape index (κ2) is 4.14. The molecule has 2 rings (SSSR count). The maximum Gasteiger partial charge on any atom is 0.202 e. The van der Waals surface area contributed by atoms with E-state index in [0.717, 1.165) is 16.3 Å². The second-order valence-corrected chi connectivity index (χ2v) is 5.26. The molecule has 2 heterocycles. The lowest BCUT2D eigenvalue weighted by Crippen LogP contribution is -2.03. The van der Waals surface area contributed by atoms with Gasteiger partial charge in [-0.2, -0.15) is 0 Å². The molecule has 0 amide bonds. The molecule has 0 fully saturated rings. The number of nitrogens with one attached hydrogen (secondary N) is 1. The van der Waals surface area contributed by atoms with Crippen LogP contribution in [0.15, 0.2) is 27.6 Å². The van der Waals surface area contributed by atoms with Crippen molar-refractivity contribution in [2.75, 3.05) is 5.32 Å². The van der Waals surface area contributed by atoms with Gasteiger partial charge in [-0.05, 0) is 32.9 Å². The first kappa shape index (κ1) is 9.73. The van der Waals surface area contributed by atoms with E-state index in [4.69, 9.17) is 0 Å². The van der Waals surface area contributed by atoms with E-state index in [1.165, 1.54) is 5.56 Å². The van der Waals surface area contributed by atoms with Crippen molar-refractivity contribution in [3.05, 3.63) is 33.2 Å². The summed E-state index contributed by atoms with van der Waals surface area (Å²) in [5.41, 5.74) is 1.27. The van der Waals surface area contributed by atoms with Crippen LogP contribution in [0.1, 0.15) is 5.56 Å². The Bertz CT molecular complexity index is 421. The summed E-state index contributed by atoms with van der Waals surface area (Å²) in [4.78, 5) is 4.18. The van der Waals surface area contributed by atoms with Gasteiger partial charge in [-0.3, -0.25) is 0 Å². The van der Waals surface area contributed by atoms with E-state index in [1.54, 1.807) is 17.5 Å². The SMILES string of the molecule is Cn1ccnc1NCc1csc(Br)c1. The highest BCUT2D eigenvalue weighted by atomic mass is 79.9. The van der Waals surface area contributed by atoms with E-state index >= 15 is 0 Å². The summed E-state index contributed by atoms with van der Waals surface area (Å²) in [6.07, 6.45) is 3.71. The van der Waals surface area contributed by atoms with Gasteiger partial charge in [0.2, 0.25) is 5.95 Å². The van der Waals surface area contributed by atoms with E-state index in [9.17, 15) is 0 Å². The van der Waals surface area contributed by atoms with Crippen molar-refractivity contribution in [1.82, 2.24) is 9.55 Å². The molecule has 0 spiro atoms. The summed E-state index contributed by atoms with van der Waals surface area (Å²) in [5.74, 6) is 0.896. The quantitative estimate of drug-likeness (QED) is 0.931. The van der Waals surface area contributed by atoms with Gasteiger partial charge >= 0.3 is 0 Å². The molecule has 0 radical (unpaired) electrons. The van der Waals surface area contributed by atoms with Crippen molar-refractivity contribution in [2.45, 2.75) is 6.54 Å². The van der Waals surface area contributed by atoms with Crippen molar-refractivity contribution in [1.29, 1.82) is 0 Å². The van der Waals surface area contributed by atoms with Crippen LogP contribution in [0.5, 0.6) is 0 Å². The molecule has 0 aliphatic heterocycles. The van der Waals surface area contributed by atoms with Gasteiger partial charge in [0.25, 0.3) is 0 Å². The Labute approximate surface area is 94.9 Å². The van der Waals surface area contributed by atoms with Gasteiger partial charge in [-0.1, -0.05) is 0 Å². The Morgan fingerprint density at radius 2 is 2.50 bits per heavy atom. The van der Waals surface area contributed by atoms with Crippen molar-refractivity contribution >= 4 is 33.2 Å². The summed E-state index contributed by atoms with van der Waals surface area (Å²) in [6, 6.07) is 2.11. The number of imidazole rings is 1. The summed E-state index contributed by atoms with van der Waals surface area (Å²) in [7, 11) is 1.97. The van der Waals surface area contributed by atoms with Crippen LogP contribution in [-0.4, -0.2) is 9.55 Å². The largest absolute Gasteiger partial charge is 0.352 e. The molecule has 2 aromatic heterocycles. The van der Waals surface area contributed by atoms with E-state index in [2.05, 4.69) is 37.7 Å². The summed E-state index contributed by atoms with van der Waals surface area (Å²) >= 11 is 5.13. The van der Waals surface area contributed by atoms with Gasteiger partial charge < -0.3 is 9.88 Å². The van der Waals surface area contributed by atoms with Crippen LogP contribution in [0.4, 0.5) is 5.95 Å². The number of nitrogens with zero attached hydrogens (tertiary/aromatic N) is 2. The summed E-state index contributed by atoms with van der Waals surface area (Å²) in [6.45, 7) is 0.812. The first-order valence-corrected chi connectivity index (χ1v) is 5.87. The zero-order chi connectivity index (χ0) is 9.97. The Hall–Kier alpha value is -0.810. The van der Waals surface area contributed by atoms with Crippen molar-refractivity contribution < 1.29 is 0 Å². The predicted octanol–water partition coefficient (Wildman–Crippen LogP) is 2.86. The average Bonchev–Trinajstić information content (AvgIpc) is 2.72. The van der Waals surface area contributed by atoms with Crippen molar-refractivity contribution in [3.63, 3.8) is 0 Å². The van der Waals surface area contributed by atoms with Crippen LogP contribution in [-0.2, 0) is 13.6 Å². The molecular weight excluding hydrogens is 262 g/mol. The molecule has 0 atom stereocenters. The van der Waals surface area contributed by atoms with Gasteiger partial charge in [0.1, 0.15) is 0 Å². The number of halogens is 1. The molecule has 2 aromatic rings. The average molecular weight is 272 g/mol. The molecular formula is C9H10BrN3S. The third-order valence-corrected chi connectivity index (χ3v) is 3.45. The molecule has 74 valence electrons. The number of aromatic nitrogens is 2. The summed E-state index contributed by atoms with van der Waals surface area (Å²) in [5, 5.41) is 5.39. The smallest absolute Gasteiger partial charge is 0.202 e. The number of hydrogen-bond acceptors (Lipinski definition) is 3. The number of thiophene rings is 1. The molecule has 14 heavy (non-hydrogen) atoms. The highest BCUT2D eigenvalue weighted by Crippen LogP contribution is 2.21. The molecule has 5 heteroatoms. The van der Waals surface area contributed by atoms with Crippen molar-refractivity contribution in [3.8, 4) is 0 Å². The van der Waals surface area contributed by atoms with E-state index in [1.807, 2.05) is 17.8 Å². The number of anilines is 1. The predicted molar refractivity (Wildman–Crippen MR) is 62.6 cm³/mol. The second-order valence-electron chi connectivity index (χ2n) is 2.97. The maximum atomic E-state index is 4.18. The zero-order valence-corrected chi connectivity index (χ0v) is 10.1. The Morgan fingerprint density at radius 3 is 3.07 bits per heavy atom. The fourth-order valence-electron chi connectivity index (χ4n) is 1.16. The van der Waals surface area contributed by atoms with Crippen LogP contribution in [0.25, 0.3) is 0 Å². The van der Waals surface area contributed by atoms with E-state index in [-0.39, 0.29) is 0 Å². The van der Waals surface area contributed by atoms with Crippen LogP contribution >= 0.6 is 27.3 Å². The summed E-state index contributed by atoms with van der Waals surface area (Å²) < 4.78 is 3.12. The van der Waals surface area contributed by atoms with Gasteiger partial charge in [0, 0.05) is 26.0 Å². The van der Waals surface area contributed by atoms with E-state index < -0.39 is 0 Å². The molecule has 3 nitrogen and oxygen atoms in total. The molecule has 0 aromatic carbocycles. The van der Waals surface area contributed by atoms with Crippen LogP contribution < -0.4 is 5.32 Å². The standard InChI is InChI=1S/C9H10BrN3S/c1-13-3-2-11-9(13)12-5-7-4-8(10)14-6-7/h2-4,6H,5H2,1H3,(H,11,12). The van der Waals surface area contributed by atoms with Gasteiger partial charge in [0.05, 0.1) is 3.79 Å². The third-order valence-electron chi connectivity index (χ3n) is 1.89. The first-order valence-electron chi connectivity index (χ1n) is 4.20. The minimum atomic E-state index is 0.812. The highest BCUT2D eigenvalue weighted by Gasteiger charge is 1.99. The van der Waals surface area contributed by atoms with Gasteiger partial charge in [-0.15, -0.1) is 11.3 Å². The lowest BCUT2D eigenvalue weighted by molar-refractivity contribution is 0.901. The molecule has 1 N–H and O–H groups in total. The lowest BCUT2D eigenvalue weighted by atomic mass is 10.3. The lowest BCUT2D eigenvalue weighted by Gasteiger charge is -2.03. The topological polar surface area (TPSA) is 29.9 Å². The molecule has 0 unspecified atom stereocenters. The molecule has 0 saturated heterocycles. The minimum Gasteiger partial charge on any atom is -0.352 e. The number of aryl methyl sites for hydroxylation is 1. The molecule has 0 bridgehead atoms. The third kappa shape index (κ3) is 2.16. The van der Waals surface area contributed by atoms with Crippen LogP contribution in [0.2, 0.25) is 0 Å². The Balaban J connectivity index is 1.98. The number of hydrogen-bond donors (Lipinski definition) is 1. The normalized spacial score (nSPS) is 10.4. The van der Waals surface area contributed by atoms with Crippen LogP contribution in [0.3, 0.4) is 0 Å². The van der Waals surface area contributed by atoms with Gasteiger partial charge in [-0.25, -0.2) is 4.98 Å². The Morgan fingerprint density at radius 1 is 1.64 bits per heavy atom.